The van der Waals surface area contributed by atoms with Crippen molar-refractivity contribution < 1.29 is 0 Å². The quantitative estimate of drug-likeness (QED) is 0.824. The molecule has 2 bridgehead atoms. The number of rotatable bonds is 4. The molecule has 4 heteroatoms. The largest absolute Gasteiger partial charge is 0.351 e. The summed E-state index contributed by atoms with van der Waals surface area (Å²) >= 11 is 0. The average Bonchev–Trinajstić information content (AvgIpc) is 2.71. The molecule has 0 spiro atoms. The van der Waals surface area contributed by atoms with Crippen LogP contribution in [0.1, 0.15) is 18.5 Å². The van der Waals surface area contributed by atoms with Crippen LogP contribution in [0.2, 0.25) is 0 Å². The van der Waals surface area contributed by atoms with Gasteiger partial charge in [-0.15, -0.1) is 6.58 Å². The molecule has 18 heavy (non-hydrogen) atoms. The van der Waals surface area contributed by atoms with Crippen LogP contribution in [0.3, 0.4) is 0 Å². The van der Waals surface area contributed by atoms with Crippen molar-refractivity contribution in [2.45, 2.75) is 32.4 Å². The molecule has 0 radical (unpaired) electrons. The number of anilines is 1. The number of hydrogen-bond acceptors (Lipinski definition) is 3. The Labute approximate surface area is 109 Å². The fourth-order valence-electron chi connectivity index (χ4n) is 3.23. The lowest BCUT2D eigenvalue weighted by Gasteiger charge is -2.45. The first-order chi connectivity index (χ1) is 8.76. The number of hydrogen-bond donors (Lipinski definition) is 1. The molecular formula is C14H22N4. The van der Waals surface area contributed by atoms with E-state index in [2.05, 4.69) is 32.5 Å². The molecule has 1 aromatic rings. The first kappa shape index (κ1) is 11.8. The molecule has 3 saturated heterocycles. The predicted molar refractivity (Wildman–Crippen MR) is 73.7 cm³/mol. The lowest BCUT2D eigenvalue weighted by molar-refractivity contribution is 0.0971. The van der Waals surface area contributed by atoms with Gasteiger partial charge < -0.3 is 14.8 Å². The minimum absolute atomic E-state index is 0.567. The maximum atomic E-state index is 4.59. The van der Waals surface area contributed by atoms with E-state index < -0.39 is 0 Å². The van der Waals surface area contributed by atoms with Crippen LogP contribution >= 0.6 is 0 Å². The Balaban J connectivity index is 1.74. The SMILES string of the molecule is C=CCn1cc(C)nc1NC1CN2CCC1CC2. The fourth-order valence-corrected chi connectivity index (χ4v) is 3.23. The zero-order valence-electron chi connectivity index (χ0n) is 11.1. The topological polar surface area (TPSA) is 33.1 Å². The van der Waals surface area contributed by atoms with E-state index in [1.165, 1.54) is 32.5 Å². The standard InChI is InChI=1S/C14H22N4/c1-3-6-18-9-11(2)15-14(18)16-13-10-17-7-4-12(13)5-8-17/h3,9,12-13H,1,4-8,10H2,2H3,(H,15,16). The van der Waals surface area contributed by atoms with Gasteiger partial charge in [0.05, 0.1) is 5.69 Å². The number of nitrogens with one attached hydrogen (secondary N) is 1. The zero-order valence-corrected chi connectivity index (χ0v) is 11.1. The van der Waals surface area contributed by atoms with E-state index in [1.54, 1.807) is 0 Å². The molecule has 98 valence electrons. The van der Waals surface area contributed by atoms with Crippen LogP contribution in [0.15, 0.2) is 18.9 Å². The Morgan fingerprint density at radius 2 is 2.28 bits per heavy atom. The Hall–Kier alpha value is -1.29. The number of piperidine rings is 3. The van der Waals surface area contributed by atoms with Crippen LogP contribution in [0.4, 0.5) is 5.95 Å². The Morgan fingerprint density at radius 1 is 1.50 bits per heavy atom. The Morgan fingerprint density at radius 3 is 2.89 bits per heavy atom. The summed E-state index contributed by atoms with van der Waals surface area (Å²) in [6.07, 6.45) is 6.67. The van der Waals surface area contributed by atoms with Crippen LogP contribution in [0, 0.1) is 12.8 Å². The van der Waals surface area contributed by atoms with E-state index in [1.807, 2.05) is 13.0 Å². The molecule has 3 fully saturated rings. The molecule has 1 N–H and O–H groups in total. The smallest absolute Gasteiger partial charge is 0.203 e. The summed E-state index contributed by atoms with van der Waals surface area (Å²) in [4.78, 5) is 7.15. The van der Waals surface area contributed by atoms with Crippen molar-refractivity contribution in [1.82, 2.24) is 14.5 Å². The van der Waals surface area contributed by atoms with Gasteiger partial charge in [0.15, 0.2) is 0 Å². The molecule has 1 unspecified atom stereocenters. The van der Waals surface area contributed by atoms with Gasteiger partial charge in [0.2, 0.25) is 5.95 Å². The van der Waals surface area contributed by atoms with Gasteiger partial charge >= 0.3 is 0 Å². The molecule has 3 aliphatic rings. The first-order valence-electron chi connectivity index (χ1n) is 6.90. The average molecular weight is 246 g/mol. The first-order valence-corrected chi connectivity index (χ1v) is 6.90. The summed E-state index contributed by atoms with van der Waals surface area (Å²) < 4.78 is 2.15. The maximum absolute atomic E-state index is 4.59. The highest BCUT2D eigenvalue weighted by Gasteiger charge is 2.34. The fraction of sp³-hybridized carbons (Fsp3) is 0.643. The minimum atomic E-state index is 0.567. The van der Waals surface area contributed by atoms with Crippen LogP contribution in [0.5, 0.6) is 0 Å². The highest BCUT2D eigenvalue weighted by Crippen LogP contribution is 2.29. The van der Waals surface area contributed by atoms with Crippen LogP contribution < -0.4 is 5.32 Å². The monoisotopic (exact) mass is 246 g/mol. The van der Waals surface area contributed by atoms with Crippen LogP contribution in [0.25, 0.3) is 0 Å². The number of imidazole rings is 1. The maximum Gasteiger partial charge on any atom is 0.203 e. The lowest BCUT2D eigenvalue weighted by atomic mass is 9.84. The molecule has 4 rings (SSSR count). The van der Waals surface area contributed by atoms with E-state index in [4.69, 9.17) is 0 Å². The third-order valence-corrected chi connectivity index (χ3v) is 4.19. The van der Waals surface area contributed by atoms with Gasteiger partial charge in [-0.2, -0.15) is 0 Å². The predicted octanol–water partition coefficient (Wildman–Crippen LogP) is 1.88. The summed E-state index contributed by atoms with van der Waals surface area (Å²) in [6, 6.07) is 0.567. The van der Waals surface area contributed by atoms with E-state index in [0.29, 0.717) is 6.04 Å². The second-order valence-corrected chi connectivity index (χ2v) is 5.54. The van der Waals surface area contributed by atoms with Gasteiger partial charge in [0, 0.05) is 25.3 Å². The molecule has 4 nitrogen and oxygen atoms in total. The molecule has 4 heterocycles. The highest BCUT2D eigenvalue weighted by atomic mass is 15.3. The van der Waals surface area contributed by atoms with Crippen molar-refractivity contribution in [3.8, 4) is 0 Å². The molecule has 1 aromatic heterocycles. The number of aromatic nitrogens is 2. The third-order valence-electron chi connectivity index (χ3n) is 4.19. The van der Waals surface area contributed by atoms with Gasteiger partial charge in [-0.25, -0.2) is 4.98 Å². The van der Waals surface area contributed by atoms with Crippen molar-refractivity contribution >= 4 is 5.95 Å². The van der Waals surface area contributed by atoms with E-state index in [0.717, 1.165) is 24.1 Å². The molecule has 3 aliphatic heterocycles. The summed E-state index contributed by atoms with van der Waals surface area (Å²) in [5.74, 6) is 1.83. The summed E-state index contributed by atoms with van der Waals surface area (Å²) in [7, 11) is 0. The summed E-state index contributed by atoms with van der Waals surface area (Å²) in [6.45, 7) is 10.4. The molecule has 0 aromatic carbocycles. The number of aryl methyl sites for hydroxylation is 1. The van der Waals surface area contributed by atoms with Gasteiger partial charge in [0.25, 0.3) is 0 Å². The lowest BCUT2D eigenvalue weighted by Crippen LogP contribution is -2.53. The zero-order chi connectivity index (χ0) is 12.5. The van der Waals surface area contributed by atoms with Crippen molar-refractivity contribution in [2.75, 3.05) is 25.0 Å². The highest BCUT2D eigenvalue weighted by molar-refractivity contribution is 5.31. The number of nitrogens with zero attached hydrogens (tertiary/aromatic N) is 3. The second-order valence-electron chi connectivity index (χ2n) is 5.54. The Bertz CT molecular complexity index is 429. The van der Waals surface area contributed by atoms with Gasteiger partial charge in [-0.05, 0) is 38.8 Å². The summed E-state index contributed by atoms with van der Waals surface area (Å²) in [5.41, 5.74) is 1.07. The van der Waals surface area contributed by atoms with Crippen molar-refractivity contribution in [1.29, 1.82) is 0 Å². The third kappa shape index (κ3) is 2.17. The molecule has 0 saturated carbocycles. The number of allylic oxidation sites excluding steroid dienone is 1. The minimum Gasteiger partial charge on any atom is -0.351 e. The second kappa shape index (κ2) is 4.76. The van der Waals surface area contributed by atoms with Gasteiger partial charge in [0.1, 0.15) is 0 Å². The molecule has 0 aliphatic carbocycles. The van der Waals surface area contributed by atoms with Gasteiger partial charge in [-0.3, -0.25) is 0 Å². The van der Waals surface area contributed by atoms with Crippen LogP contribution in [-0.2, 0) is 6.54 Å². The van der Waals surface area contributed by atoms with Crippen LogP contribution in [-0.4, -0.2) is 40.1 Å². The van der Waals surface area contributed by atoms with Crippen molar-refractivity contribution in [3.63, 3.8) is 0 Å². The Kier molecular flexibility index (Phi) is 3.12. The van der Waals surface area contributed by atoms with Crippen molar-refractivity contribution in [3.05, 3.63) is 24.5 Å². The number of fused-ring (bicyclic) bond motifs is 3. The molecular weight excluding hydrogens is 224 g/mol. The molecule has 0 amide bonds. The summed E-state index contributed by atoms with van der Waals surface area (Å²) in [5, 5.41) is 3.65. The van der Waals surface area contributed by atoms with E-state index >= 15 is 0 Å². The normalized spacial score (nSPS) is 30.4. The van der Waals surface area contributed by atoms with Gasteiger partial charge in [-0.1, -0.05) is 6.08 Å². The molecule has 1 atom stereocenters. The van der Waals surface area contributed by atoms with E-state index in [9.17, 15) is 0 Å². The van der Waals surface area contributed by atoms with E-state index in [-0.39, 0.29) is 0 Å². The van der Waals surface area contributed by atoms with Crippen molar-refractivity contribution in [2.24, 2.45) is 5.92 Å².